The van der Waals surface area contributed by atoms with Crippen molar-refractivity contribution in [2.24, 2.45) is 0 Å². The predicted molar refractivity (Wildman–Crippen MR) is 119 cm³/mol. The maximum absolute atomic E-state index is 13.7. The fourth-order valence-electron chi connectivity index (χ4n) is 4.47. The number of ether oxygens (including phenoxy) is 1. The highest BCUT2D eigenvalue weighted by Crippen LogP contribution is 2.40. The van der Waals surface area contributed by atoms with Gasteiger partial charge in [0.05, 0.1) is 13.2 Å². The maximum atomic E-state index is 13.7. The molecule has 1 unspecified atom stereocenters. The number of rotatable bonds is 3. The minimum atomic E-state index is -0.323. The van der Waals surface area contributed by atoms with Gasteiger partial charge in [0.15, 0.2) is 0 Å². The lowest BCUT2D eigenvalue weighted by Gasteiger charge is -2.36. The molecule has 0 fully saturated rings. The van der Waals surface area contributed by atoms with Crippen molar-refractivity contribution in [3.05, 3.63) is 100 Å². The molecule has 4 aromatic rings. The largest absolute Gasteiger partial charge is 0.497 e. The van der Waals surface area contributed by atoms with Crippen LogP contribution >= 0.6 is 0 Å². The Kier molecular flexibility index (Phi) is 4.74. The Hall–Kier alpha value is -3.60. The van der Waals surface area contributed by atoms with E-state index < -0.39 is 0 Å². The van der Waals surface area contributed by atoms with E-state index in [1.165, 1.54) is 17.7 Å². The normalized spacial score (nSPS) is 15.7. The molecule has 1 aliphatic rings. The molecule has 5 rings (SSSR count). The molecule has 0 radical (unpaired) electrons. The zero-order valence-corrected chi connectivity index (χ0v) is 17.5. The Morgan fingerprint density at radius 3 is 2.52 bits per heavy atom. The maximum Gasteiger partial charge on any atom is 0.254 e. The van der Waals surface area contributed by atoms with E-state index in [9.17, 15) is 9.18 Å². The number of aromatic amines is 1. The molecule has 4 nitrogen and oxygen atoms in total. The summed E-state index contributed by atoms with van der Waals surface area (Å²) in [5.41, 5.74) is 5.79. The molecule has 0 aliphatic carbocycles. The van der Waals surface area contributed by atoms with Gasteiger partial charge in [-0.3, -0.25) is 4.79 Å². The van der Waals surface area contributed by atoms with Gasteiger partial charge >= 0.3 is 0 Å². The smallest absolute Gasteiger partial charge is 0.254 e. The van der Waals surface area contributed by atoms with Gasteiger partial charge in [-0.05, 0) is 66.9 Å². The summed E-state index contributed by atoms with van der Waals surface area (Å²) in [7, 11) is 1.66. The molecule has 1 amide bonds. The summed E-state index contributed by atoms with van der Waals surface area (Å²) in [6, 6.07) is 19.7. The quantitative estimate of drug-likeness (QED) is 0.487. The number of halogens is 1. The van der Waals surface area contributed by atoms with Gasteiger partial charge in [-0.1, -0.05) is 29.8 Å². The highest BCUT2D eigenvalue weighted by atomic mass is 19.1. The van der Waals surface area contributed by atoms with E-state index in [0.29, 0.717) is 12.1 Å². The number of hydrogen-bond acceptors (Lipinski definition) is 2. The van der Waals surface area contributed by atoms with Crippen LogP contribution in [0.2, 0.25) is 0 Å². The van der Waals surface area contributed by atoms with E-state index in [4.69, 9.17) is 4.74 Å². The Balaban J connectivity index is 1.65. The second-order valence-electron chi connectivity index (χ2n) is 8.00. The van der Waals surface area contributed by atoms with Crippen molar-refractivity contribution in [2.45, 2.75) is 19.4 Å². The predicted octanol–water partition coefficient (Wildman–Crippen LogP) is 5.41. The van der Waals surface area contributed by atoms with Crippen LogP contribution in [0.25, 0.3) is 10.9 Å². The molecule has 31 heavy (non-hydrogen) atoms. The zero-order valence-electron chi connectivity index (χ0n) is 17.5. The molecular formula is C26H23FN2O2. The molecule has 2 heterocycles. The van der Waals surface area contributed by atoms with E-state index in [-0.39, 0.29) is 17.8 Å². The molecule has 156 valence electrons. The SMILES string of the molecule is COc1ccc2[nH]c3c(c2c1)CCN(C(=O)c1ccc(C)cc1)C3c1ccc(F)cc1. The molecule has 5 heteroatoms. The first kappa shape index (κ1) is 19.4. The number of nitrogens with one attached hydrogen (secondary N) is 1. The number of H-pyrrole nitrogens is 1. The van der Waals surface area contributed by atoms with Crippen LogP contribution in [0.4, 0.5) is 4.39 Å². The number of benzene rings is 3. The number of aromatic nitrogens is 1. The molecule has 1 aromatic heterocycles. The summed E-state index contributed by atoms with van der Waals surface area (Å²) in [6.07, 6.45) is 0.734. The molecule has 0 bridgehead atoms. The zero-order chi connectivity index (χ0) is 21.5. The third kappa shape index (κ3) is 3.36. The van der Waals surface area contributed by atoms with Gasteiger partial charge in [0.1, 0.15) is 11.6 Å². The fourth-order valence-corrected chi connectivity index (χ4v) is 4.47. The number of carbonyl (C=O) groups is 1. The fraction of sp³-hybridized carbons (Fsp3) is 0.192. The first-order chi connectivity index (χ1) is 15.0. The number of amides is 1. The summed E-state index contributed by atoms with van der Waals surface area (Å²) < 4.78 is 19.1. The van der Waals surface area contributed by atoms with Gasteiger partial charge in [0.2, 0.25) is 0 Å². The highest BCUT2D eigenvalue weighted by molar-refractivity contribution is 5.95. The Labute approximate surface area is 180 Å². The van der Waals surface area contributed by atoms with Crippen LogP contribution in [-0.2, 0) is 6.42 Å². The van der Waals surface area contributed by atoms with Crippen LogP contribution in [0.5, 0.6) is 5.75 Å². The minimum Gasteiger partial charge on any atom is -0.497 e. The van der Waals surface area contributed by atoms with Crippen LogP contribution in [0.3, 0.4) is 0 Å². The Bertz CT molecular complexity index is 1260. The number of hydrogen-bond donors (Lipinski definition) is 1. The second-order valence-corrected chi connectivity index (χ2v) is 8.00. The summed E-state index contributed by atoms with van der Waals surface area (Å²) in [5.74, 6) is 0.472. The number of methoxy groups -OCH3 is 1. The molecule has 1 atom stereocenters. The van der Waals surface area contributed by atoms with E-state index in [2.05, 4.69) is 4.98 Å². The second kappa shape index (κ2) is 7.58. The number of aryl methyl sites for hydroxylation is 1. The van der Waals surface area contributed by atoms with Crippen LogP contribution in [0.15, 0.2) is 66.7 Å². The van der Waals surface area contributed by atoms with E-state index in [1.54, 1.807) is 19.2 Å². The Morgan fingerprint density at radius 2 is 1.81 bits per heavy atom. The van der Waals surface area contributed by atoms with Crippen LogP contribution in [0, 0.1) is 12.7 Å². The molecule has 0 saturated heterocycles. The summed E-state index contributed by atoms with van der Waals surface area (Å²) in [6.45, 7) is 2.58. The third-order valence-electron chi connectivity index (χ3n) is 6.08. The van der Waals surface area contributed by atoms with Crippen molar-refractivity contribution >= 4 is 16.8 Å². The molecule has 0 saturated carbocycles. The van der Waals surface area contributed by atoms with Gasteiger partial charge in [-0.25, -0.2) is 4.39 Å². The summed E-state index contributed by atoms with van der Waals surface area (Å²) in [5, 5.41) is 1.10. The first-order valence-corrected chi connectivity index (χ1v) is 10.4. The van der Waals surface area contributed by atoms with E-state index in [0.717, 1.165) is 39.9 Å². The average Bonchev–Trinajstić information content (AvgIpc) is 3.17. The standard InChI is InChI=1S/C26H23FN2O2/c1-16-3-5-18(6-4-16)26(30)29-14-13-21-22-15-20(31-2)11-12-23(22)28-24(21)25(29)17-7-9-19(27)10-8-17/h3-12,15,25,28H,13-14H2,1-2H3. The van der Waals surface area contributed by atoms with Crippen LogP contribution < -0.4 is 4.74 Å². The monoisotopic (exact) mass is 414 g/mol. The summed E-state index contributed by atoms with van der Waals surface area (Å²) in [4.78, 5) is 18.9. The molecule has 3 aromatic carbocycles. The van der Waals surface area contributed by atoms with Crippen molar-refractivity contribution in [3.63, 3.8) is 0 Å². The third-order valence-corrected chi connectivity index (χ3v) is 6.08. The lowest BCUT2D eigenvalue weighted by Crippen LogP contribution is -2.40. The van der Waals surface area contributed by atoms with Crippen molar-refractivity contribution in [3.8, 4) is 5.75 Å². The molecular weight excluding hydrogens is 391 g/mol. The van der Waals surface area contributed by atoms with Crippen molar-refractivity contribution in [1.82, 2.24) is 9.88 Å². The van der Waals surface area contributed by atoms with Gasteiger partial charge in [-0.2, -0.15) is 0 Å². The van der Waals surface area contributed by atoms with Crippen LogP contribution in [-0.4, -0.2) is 29.4 Å². The van der Waals surface area contributed by atoms with Gasteiger partial charge < -0.3 is 14.6 Å². The topological polar surface area (TPSA) is 45.3 Å². The molecule has 1 aliphatic heterocycles. The van der Waals surface area contributed by atoms with Gasteiger partial charge in [-0.15, -0.1) is 0 Å². The number of fused-ring (bicyclic) bond motifs is 3. The Morgan fingerprint density at radius 1 is 1.06 bits per heavy atom. The lowest BCUT2D eigenvalue weighted by atomic mass is 9.91. The van der Waals surface area contributed by atoms with Crippen molar-refractivity contribution < 1.29 is 13.9 Å². The van der Waals surface area contributed by atoms with Crippen molar-refractivity contribution in [1.29, 1.82) is 0 Å². The van der Waals surface area contributed by atoms with Gasteiger partial charge in [0.25, 0.3) is 5.91 Å². The highest BCUT2D eigenvalue weighted by Gasteiger charge is 2.35. The van der Waals surface area contributed by atoms with E-state index >= 15 is 0 Å². The van der Waals surface area contributed by atoms with Gasteiger partial charge in [0, 0.05) is 28.7 Å². The summed E-state index contributed by atoms with van der Waals surface area (Å²) >= 11 is 0. The molecule has 0 spiro atoms. The van der Waals surface area contributed by atoms with E-state index in [1.807, 2.05) is 54.3 Å². The first-order valence-electron chi connectivity index (χ1n) is 10.4. The number of carbonyl (C=O) groups excluding carboxylic acids is 1. The van der Waals surface area contributed by atoms with Crippen molar-refractivity contribution in [2.75, 3.05) is 13.7 Å². The lowest BCUT2D eigenvalue weighted by molar-refractivity contribution is 0.0692. The minimum absolute atomic E-state index is 0.0313. The average molecular weight is 414 g/mol. The van der Waals surface area contributed by atoms with Crippen LogP contribution in [0.1, 0.15) is 38.8 Å². The number of nitrogens with zero attached hydrogens (tertiary/aromatic N) is 1. The molecule has 1 N–H and O–H groups in total.